The quantitative estimate of drug-likeness (QED) is 0.686. The van der Waals surface area contributed by atoms with E-state index in [0.717, 1.165) is 11.3 Å². The molecule has 0 aliphatic heterocycles. The van der Waals surface area contributed by atoms with Crippen molar-refractivity contribution in [3.05, 3.63) is 16.1 Å². The normalized spacial score (nSPS) is 10.5. The van der Waals surface area contributed by atoms with E-state index in [1.165, 1.54) is 18.6 Å². The molecule has 0 spiro atoms. The first-order valence-corrected chi connectivity index (χ1v) is 4.89. The maximum atomic E-state index is 11.2. The van der Waals surface area contributed by atoms with Gasteiger partial charge in [0.15, 0.2) is 0 Å². The van der Waals surface area contributed by atoms with Gasteiger partial charge in [-0.1, -0.05) is 13.8 Å². The van der Waals surface area contributed by atoms with Gasteiger partial charge in [0.05, 0.1) is 12.8 Å². The second-order valence-corrected chi connectivity index (χ2v) is 3.94. The molecule has 3 nitrogen and oxygen atoms in total. The molecule has 0 aliphatic rings. The largest absolute Gasteiger partial charge is 0.465 e. The average molecular weight is 199 g/mol. The van der Waals surface area contributed by atoms with Crippen LogP contribution in [-0.4, -0.2) is 17.5 Å². The fourth-order valence-electron chi connectivity index (χ4n) is 1.17. The van der Waals surface area contributed by atoms with Crippen molar-refractivity contribution < 1.29 is 9.53 Å². The van der Waals surface area contributed by atoms with Gasteiger partial charge in [-0.3, -0.25) is 0 Å². The van der Waals surface area contributed by atoms with Gasteiger partial charge in [0.2, 0.25) is 0 Å². The van der Waals surface area contributed by atoms with Gasteiger partial charge < -0.3 is 4.74 Å². The molecule has 1 heterocycles. The molecular weight excluding hydrogens is 186 g/mol. The Labute approximate surface area is 81.9 Å². The van der Waals surface area contributed by atoms with Crippen molar-refractivity contribution >= 4 is 17.5 Å². The van der Waals surface area contributed by atoms with E-state index in [2.05, 4.69) is 23.0 Å². The Kier molecular flexibility index (Phi) is 3.03. The first-order valence-electron chi connectivity index (χ1n) is 4.12. The standard InChI is InChI=1S/C9H13NO2S/c1-5(2)7-6(3)8(13-10-7)9(11)12-4/h5H,1-4H3. The predicted molar refractivity (Wildman–Crippen MR) is 52.3 cm³/mol. The molecule has 1 aromatic rings. The number of rotatable bonds is 2. The minimum atomic E-state index is -0.290. The van der Waals surface area contributed by atoms with Crippen LogP contribution in [0.2, 0.25) is 0 Å². The summed E-state index contributed by atoms with van der Waals surface area (Å²) in [5.41, 5.74) is 1.94. The second-order valence-electron chi connectivity index (χ2n) is 3.17. The molecule has 72 valence electrons. The molecule has 0 atom stereocenters. The van der Waals surface area contributed by atoms with Crippen LogP contribution in [0.3, 0.4) is 0 Å². The van der Waals surface area contributed by atoms with Crippen molar-refractivity contribution in [3.8, 4) is 0 Å². The molecule has 0 saturated carbocycles. The number of esters is 1. The Morgan fingerprint density at radius 3 is 2.54 bits per heavy atom. The van der Waals surface area contributed by atoms with Crippen LogP contribution in [0.5, 0.6) is 0 Å². The van der Waals surface area contributed by atoms with Gasteiger partial charge in [0.25, 0.3) is 0 Å². The molecule has 13 heavy (non-hydrogen) atoms. The van der Waals surface area contributed by atoms with Gasteiger partial charge in [-0.2, -0.15) is 4.37 Å². The second kappa shape index (κ2) is 3.87. The molecule has 0 amide bonds. The Bertz CT molecular complexity index is 317. The van der Waals surface area contributed by atoms with Gasteiger partial charge in [0, 0.05) is 0 Å². The van der Waals surface area contributed by atoms with E-state index in [4.69, 9.17) is 0 Å². The number of ether oxygens (including phenoxy) is 1. The Morgan fingerprint density at radius 2 is 2.15 bits per heavy atom. The van der Waals surface area contributed by atoms with Gasteiger partial charge in [-0.15, -0.1) is 0 Å². The van der Waals surface area contributed by atoms with Crippen molar-refractivity contribution in [1.29, 1.82) is 0 Å². The smallest absolute Gasteiger partial charge is 0.349 e. The van der Waals surface area contributed by atoms with Crippen LogP contribution in [0.25, 0.3) is 0 Å². The zero-order valence-electron chi connectivity index (χ0n) is 8.25. The summed E-state index contributed by atoms with van der Waals surface area (Å²) < 4.78 is 8.87. The van der Waals surface area contributed by atoms with Gasteiger partial charge in [0.1, 0.15) is 4.88 Å². The number of carbonyl (C=O) groups excluding carboxylic acids is 1. The Morgan fingerprint density at radius 1 is 1.54 bits per heavy atom. The van der Waals surface area contributed by atoms with Crippen LogP contribution in [0.15, 0.2) is 0 Å². The lowest BCUT2D eigenvalue weighted by Crippen LogP contribution is -2.01. The topological polar surface area (TPSA) is 39.2 Å². The fourth-order valence-corrected chi connectivity index (χ4v) is 2.11. The van der Waals surface area contributed by atoms with E-state index in [9.17, 15) is 4.79 Å². The summed E-state index contributed by atoms with van der Waals surface area (Å²) in [6.45, 7) is 6.03. The summed E-state index contributed by atoms with van der Waals surface area (Å²) in [5, 5.41) is 0. The zero-order chi connectivity index (χ0) is 10.0. The molecule has 0 N–H and O–H groups in total. The molecule has 0 aliphatic carbocycles. The number of aromatic nitrogens is 1. The highest BCUT2D eigenvalue weighted by molar-refractivity contribution is 7.08. The van der Waals surface area contributed by atoms with Crippen LogP contribution < -0.4 is 0 Å². The fraction of sp³-hybridized carbons (Fsp3) is 0.556. The monoisotopic (exact) mass is 199 g/mol. The number of nitrogens with zero attached hydrogens (tertiary/aromatic N) is 1. The van der Waals surface area contributed by atoms with E-state index in [1.54, 1.807) is 0 Å². The third kappa shape index (κ3) is 1.88. The van der Waals surface area contributed by atoms with Crippen molar-refractivity contribution in [2.24, 2.45) is 0 Å². The van der Waals surface area contributed by atoms with Gasteiger partial charge >= 0.3 is 5.97 Å². The van der Waals surface area contributed by atoms with Crippen LogP contribution in [0, 0.1) is 6.92 Å². The minimum Gasteiger partial charge on any atom is -0.465 e. The van der Waals surface area contributed by atoms with Gasteiger partial charge in [-0.05, 0) is 29.9 Å². The third-order valence-corrected chi connectivity index (χ3v) is 2.82. The van der Waals surface area contributed by atoms with Crippen LogP contribution in [-0.2, 0) is 4.74 Å². The van der Waals surface area contributed by atoms with Crippen molar-refractivity contribution in [2.75, 3.05) is 7.11 Å². The average Bonchev–Trinajstić information content (AvgIpc) is 2.46. The lowest BCUT2D eigenvalue weighted by molar-refractivity contribution is 0.0605. The third-order valence-electron chi connectivity index (χ3n) is 1.88. The summed E-state index contributed by atoms with van der Waals surface area (Å²) in [7, 11) is 1.39. The number of methoxy groups -OCH3 is 1. The first kappa shape index (κ1) is 10.2. The maximum absolute atomic E-state index is 11.2. The van der Waals surface area contributed by atoms with Crippen molar-refractivity contribution in [2.45, 2.75) is 26.7 Å². The molecule has 1 aromatic heterocycles. The lowest BCUT2D eigenvalue weighted by atomic mass is 10.1. The molecule has 1 rings (SSSR count). The first-order chi connectivity index (χ1) is 6.07. The van der Waals surface area contributed by atoms with Crippen molar-refractivity contribution in [1.82, 2.24) is 4.37 Å². The van der Waals surface area contributed by atoms with E-state index in [1.807, 2.05) is 6.92 Å². The van der Waals surface area contributed by atoms with E-state index in [-0.39, 0.29) is 5.97 Å². The SMILES string of the molecule is COC(=O)c1snc(C(C)C)c1C. The summed E-state index contributed by atoms with van der Waals surface area (Å²) >= 11 is 1.21. The summed E-state index contributed by atoms with van der Waals surface area (Å²) in [6.07, 6.45) is 0. The predicted octanol–water partition coefficient (Wildman–Crippen LogP) is 2.36. The van der Waals surface area contributed by atoms with E-state index >= 15 is 0 Å². The highest BCUT2D eigenvalue weighted by atomic mass is 32.1. The molecule has 0 saturated heterocycles. The molecular formula is C9H13NO2S. The summed E-state index contributed by atoms with van der Waals surface area (Å²) in [5.74, 6) is 0.0663. The lowest BCUT2D eigenvalue weighted by Gasteiger charge is -2.01. The molecule has 0 unspecified atom stereocenters. The number of carbonyl (C=O) groups is 1. The zero-order valence-corrected chi connectivity index (χ0v) is 9.07. The van der Waals surface area contributed by atoms with Crippen molar-refractivity contribution in [3.63, 3.8) is 0 Å². The van der Waals surface area contributed by atoms with Crippen LogP contribution in [0.1, 0.15) is 40.7 Å². The van der Waals surface area contributed by atoms with Gasteiger partial charge in [-0.25, -0.2) is 4.79 Å². The van der Waals surface area contributed by atoms with E-state index < -0.39 is 0 Å². The molecule has 4 heteroatoms. The highest BCUT2D eigenvalue weighted by Gasteiger charge is 2.18. The molecule has 0 fully saturated rings. The number of hydrogen-bond acceptors (Lipinski definition) is 4. The summed E-state index contributed by atoms with van der Waals surface area (Å²) in [6, 6.07) is 0. The summed E-state index contributed by atoms with van der Waals surface area (Å²) in [4.78, 5) is 11.8. The molecule has 0 radical (unpaired) electrons. The number of hydrogen-bond donors (Lipinski definition) is 0. The molecule has 0 aromatic carbocycles. The Balaban J connectivity index is 3.06. The van der Waals surface area contributed by atoms with E-state index in [0.29, 0.717) is 10.8 Å². The Hall–Kier alpha value is -0.900. The van der Waals surface area contributed by atoms with Crippen LogP contribution >= 0.6 is 11.5 Å². The highest BCUT2D eigenvalue weighted by Crippen LogP contribution is 2.24. The van der Waals surface area contributed by atoms with Crippen LogP contribution in [0.4, 0.5) is 0 Å². The maximum Gasteiger partial charge on any atom is 0.349 e. The minimum absolute atomic E-state index is 0.290. The molecule has 0 bridgehead atoms.